The highest BCUT2D eigenvalue weighted by molar-refractivity contribution is 9.10. The zero-order valence-electron chi connectivity index (χ0n) is 10.3. The minimum atomic E-state index is 0.529. The lowest BCUT2D eigenvalue weighted by Gasteiger charge is -2.14. The van der Waals surface area contributed by atoms with Crippen LogP contribution in [0, 0.1) is 0 Å². The molecule has 4 heteroatoms. The SMILES string of the molecule is CSCC(C)NCc1cc(Br)cc2c1OCC2. The molecule has 0 spiro atoms. The second-order valence-corrected chi connectivity index (χ2v) is 6.22. The first-order valence-corrected chi connectivity index (χ1v) is 8.06. The van der Waals surface area contributed by atoms with Gasteiger partial charge in [0.2, 0.25) is 0 Å². The summed E-state index contributed by atoms with van der Waals surface area (Å²) in [5.74, 6) is 2.23. The van der Waals surface area contributed by atoms with Gasteiger partial charge in [0, 0.05) is 34.8 Å². The van der Waals surface area contributed by atoms with Gasteiger partial charge in [0.05, 0.1) is 6.61 Å². The Labute approximate surface area is 116 Å². The molecule has 0 radical (unpaired) electrons. The Morgan fingerprint density at radius 3 is 3.12 bits per heavy atom. The molecule has 0 fully saturated rings. The summed E-state index contributed by atoms with van der Waals surface area (Å²) in [5, 5.41) is 3.54. The van der Waals surface area contributed by atoms with Gasteiger partial charge in [-0.15, -0.1) is 0 Å². The Kier molecular flexibility index (Phi) is 4.77. The number of hydrogen-bond acceptors (Lipinski definition) is 3. The Morgan fingerprint density at radius 2 is 2.35 bits per heavy atom. The summed E-state index contributed by atoms with van der Waals surface area (Å²) in [6.07, 6.45) is 3.17. The second-order valence-electron chi connectivity index (χ2n) is 4.39. The quantitative estimate of drug-likeness (QED) is 0.901. The summed E-state index contributed by atoms with van der Waals surface area (Å²) in [6, 6.07) is 4.85. The van der Waals surface area contributed by atoms with Gasteiger partial charge in [0.1, 0.15) is 5.75 Å². The molecule has 2 nitrogen and oxygen atoms in total. The molecule has 1 atom stereocenters. The number of nitrogens with one attached hydrogen (secondary N) is 1. The van der Waals surface area contributed by atoms with Crippen LogP contribution in [0.2, 0.25) is 0 Å². The molecule has 94 valence electrons. The molecular formula is C13H18BrNOS. The number of fused-ring (bicyclic) bond motifs is 1. The van der Waals surface area contributed by atoms with Crippen molar-refractivity contribution >= 4 is 27.7 Å². The summed E-state index contributed by atoms with van der Waals surface area (Å²) in [7, 11) is 0. The van der Waals surface area contributed by atoms with Crippen LogP contribution in [0.15, 0.2) is 16.6 Å². The molecule has 0 bridgehead atoms. The maximum absolute atomic E-state index is 5.71. The Balaban J connectivity index is 2.05. The zero-order valence-corrected chi connectivity index (χ0v) is 12.7. The van der Waals surface area contributed by atoms with E-state index >= 15 is 0 Å². The van der Waals surface area contributed by atoms with Crippen molar-refractivity contribution in [3.63, 3.8) is 0 Å². The summed E-state index contributed by atoms with van der Waals surface area (Å²) >= 11 is 5.44. The van der Waals surface area contributed by atoms with Crippen molar-refractivity contribution in [2.45, 2.75) is 25.9 Å². The average Bonchev–Trinajstić information content (AvgIpc) is 2.74. The molecule has 1 aliphatic rings. The van der Waals surface area contributed by atoms with E-state index in [1.807, 2.05) is 11.8 Å². The molecule has 0 saturated heterocycles. The average molecular weight is 316 g/mol. The van der Waals surface area contributed by atoms with Gasteiger partial charge in [-0.25, -0.2) is 0 Å². The van der Waals surface area contributed by atoms with Crippen LogP contribution >= 0.6 is 27.7 Å². The molecule has 1 N–H and O–H groups in total. The van der Waals surface area contributed by atoms with E-state index in [-0.39, 0.29) is 0 Å². The Bertz CT molecular complexity index is 397. The van der Waals surface area contributed by atoms with Crippen LogP contribution < -0.4 is 10.1 Å². The molecule has 1 aliphatic heterocycles. The number of halogens is 1. The lowest BCUT2D eigenvalue weighted by molar-refractivity contribution is 0.352. The highest BCUT2D eigenvalue weighted by Gasteiger charge is 2.17. The first-order chi connectivity index (χ1) is 8.20. The van der Waals surface area contributed by atoms with Crippen LogP contribution in [0.4, 0.5) is 0 Å². The summed E-state index contributed by atoms with van der Waals surface area (Å²) in [6.45, 7) is 3.91. The number of benzene rings is 1. The number of rotatable bonds is 5. The van der Waals surface area contributed by atoms with Gasteiger partial charge < -0.3 is 10.1 Å². The minimum absolute atomic E-state index is 0.529. The van der Waals surface area contributed by atoms with E-state index in [9.17, 15) is 0 Å². The van der Waals surface area contributed by atoms with Gasteiger partial charge in [-0.2, -0.15) is 11.8 Å². The van der Waals surface area contributed by atoms with Crippen LogP contribution in [0.25, 0.3) is 0 Å². The third-order valence-electron chi connectivity index (χ3n) is 2.88. The maximum atomic E-state index is 5.71. The fraction of sp³-hybridized carbons (Fsp3) is 0.538. The van der Waals surface area contributed by atoms with Crippen molar-refractivity contribution in [2.24, 2.45) is 0 Å². The van der Waals surface area contributed by atoms with Gasteiger partial charge in [-0.05, 0) is 30.9 Å². The third-order valence-corrected chi connectivity index (χ3v) is 4.17. The molecule has 0 aromatic heterocycles. The number of ether oxygens (including phenoxy) is 1. The fourth-order valence-corrected chi connectivity index (χ4v) is 3.24. The van der Waals surface area contributed by atoms with Crippen LogP contribution in [0.3, 0.4) is 0 Å². The largest absolute Gasteiger partial charge is 0.493 e. The Morgan fingerprint density at radius 1 is 1.53 bits per heavy atom. The number of thioether (sulfide) groups is 1. The second kappa shape index (κ2) is 6.12. The molecule has 0 aliphatic carbocycles. The van der Waals surface area contributed by atoms with Gasteiger partial charge in [0.15, 0.2) is 0 Å². The molecule has 17 heavy (non-hydrogen) atoms. The first kappa shape index (κ1) is 13.2. The highest BCUT2D eigenvalue weighted by Crippen LogP contribution is 2.32. The maximum Gasteiger partial charge on any atom is 0.127 e. The van der Waals surface area contributed by atoms with E-state index < -0.39 is 0 Å². The molecular weight excluding hydrogens is 298 g/mol. The zero-order chi connectivity index (χ0) is 12.3. The summed E-state index contributed by atoms with van der Waals surface area (Å²) in [4.78, 5) is 0. The lowest BCUT2D eigenvalue weighted by Crippen LogP contribution is -2.27. The van der Waals surface area contributed by atoms with Crippen molar-refractivity contribution < 1.29 is 4.74 Å². The highest BCUT2D eigenvalue weighted by atomic mass is 79.9. The van der Waals surface area contributed by atoms with E-state index in [1.54, 1.807) is 0 Å². The predicted octanol–water partition coefficient (Wildman–Crippen LogP) is 3.23. The summed E-state index contributed by atoms with van der Waals surface area (Å²) < 4.78 is 6.86. The molecule has 1 aromatic carbocycles. The molecule has 0 amide bonds. The summed E-state index contributed by atoms with van der Waals surface area (Å²) in [5.41, 5.74) is 2.59. The fourth-order valence-electron chi connectivity index (χ4n) is 2.07. The molecule has 2 rings (SSSR count). The van der Waals surface area contributed by atoms with Crippen molar-refractivity contribution in [3.8, 4) is 5.75 Å². The van der Waals surface area contributed by atoms with Crippen LogP contribution in [0.1, 0.15) is 18.1 Å². The molecule has 1 heterocycles. The van der Waals surface area contributed by atoms with Crippen molar-refractivity contribution in [2.75, 3.05) is 18.6 Å². The van der Waals surface area contributed by atoms with Crippen molar-refractivity contribution in [3.05, 3.63) is 27.7 Å². The molecule has 1 unspecified atom stereocenters. The third kappa shape index (κ3) is 3.39. The van der Waals surface area contributed by atoms with Crippen LogP contribution in [0.5, 0.6) is 5.75 Å². The van der Waals surface area contributed by atoms with Gasteiger partial charge in [-0.1, -0.05) is 15.9 Å². The Hall–Kier alpha value is -0.190. The van der Waals surface area contributed by atoms with Crippen LogP contribution in [-0.2, 0) is 13.0 Å². The van der Waals surface area contributed by atoms with Gasteiger partial charge in [-0.3, -0.25) is 0 Å². The topological polar surface area (TPSA) is 21.3 Å². The van der Waals surface area contributed by atoms with Crippen molar-refractivity contribution in [1.82, 2.24) is 5.32 Å². The molecule has 1 aromatic rings. The predicted molar refractivity (Wildman–Crippen MR) is 78.0 cm³/mol. The van der Waals surface area contributed by atoms with E-state index in [2.05, 4.69) is 46.6 Å². The van der Waals surface area contributed by atoms with E-state index in [0.717, 1.165) is 35.5 Å². The van der Waals surface area contributed by atoms with E-state index in [1.165, 1.54) is 11.1 Å². The van der Waals surface area contributed by atoms with Gasteiger partial charge in [0.25, 0.3) is 0 Å². The first-order valence-electron chi connectivity index (χ1n) is 5.87. The molecule has 0 saturated carbocycles. The number of hydrogen-bond donors (Lipinski definition) is 1. The minimum Gasteiger partial charge on any atom is -0.493 e. The lowest BCUT2D eigenvalue weighted by atomic mass is 10.1. The normalized spacial score (nSPS) is 15.5. The monoisotopic (exact) mass is 315 g/mol. The van der Waals surface area contributed by atoms with Gasteiger partial charge >= 0.3 is 0 Å². The van der Waals surface area contributed by atoms with Crippen LogP contribution in [-0.4, -0.2) is 24.7 Å². The van der Waals surface area contributed by atoms with E-state index in [4.69, 9.17) is 4.74 Å². The van der Waals surface area contributed by atoms with E-state index in [0.29, 0.717) is 6.04 Å². The van der Waals surface area contributed by atoms with Crippen molar-refractivity contribution in [1.29, 1.82) is 0 Å². The smallest absolute Gasteiger partial charge is 0.127 e. The standard InChI is InChI=1S/C13H18BrNOS/c1-9(8-17-2)15-7-11-6-12(14)5-10-3-4-16-13(10)11/h5-6,9,15H,3-4,7-8H2,1-2H3.